The maximum Gasteiger partial charge on any atom is 0.263 e. The van der Waals surface area contributed by atoms with Gasteiger partial charge in [0, 0.05) is 31.2 Å². The van der Waals surface area contributed by atoms with Crippen LogP contribution in [0.25, 0.3) is 0 Å². The van der Waals surface area contributed by atoms with E-state index >= 15 is 0 Å². The molecular formula is C22H28N2O4. The minimum absolute atomic E-state index is 0.104. The number of methoxy groups -OCH3 is 1. The largest absolute Gasteiger partial charge is 0.493 e. The van der Waals surface area contributed by atoms with Crippen molar-refractivity contribution in [3.63, 3.8) is 0 Å². The summed E-state index contributed by atoms with van der Waals surface area (Å²) in [6, 6.07) is 7.10. The van der Waals surface area contributed by atoms with E-state index in [0.29, 0.717) is 36.7 Å². The molecule has 1 aromatic carbocycles. The lowest BCUT2D eigenvalue weighted by molar-refractivity contribution is -0.145. The number of hydrogen-bond acceptors (Lipinski definition) is 4. The first-order valence-corrected chi connectivity index (χ1v) is 9.27. The molecule has 6 nitrogen and oxygen atoms in total. The van der Waals surface area contributed by atoms with Crippen molar-refractivity contribution in [1.82, 2.24) is 9.80 Å². The molecule has 2 atom stereocenters. The molecule has 1 fully saturated rings. The average Bonchev–Trinajstić information content (AvgIpc) is 2.71. The first-order chi connectivity index (χ1) is 13.4. The van der Waals surface area contributed by atoms with E-state index < -0.39 is 6.10 Å². The normalized spacial score (nSPS) is 18.2. The van der Waals surface area contributed by atoms with Gasteiger partial charge < -0.3 is 19.3 Å². The van der Waals surface area contributed by atoms with Gasteiger partial charge in [0.1, 0.15) is 0 Å². The number of para-hydroxylation sites is 2. The van der Waals surface area contributed by atoms with Gasteiger partial charge in [-0.25, -0.2) is 0 Å². The van der Waals surface area contributed by atoms with Crippen molar-refractivity contribution >= 4 is 11.8 Å². The number of benzene rings is 1. The van der Waals surface area contributed by atoms with Crippen LogP contribution >= 0.6 is 0 Å². The third kappa shape index (κ3) is 4.82. The Hall–Kier alpha value is -3.02. The quantitative estimate of drug-likeness (QED) is 0.536. The van der Waals surface area contributed by atoms with Crippen LogP contribution in [-0.2, 0) is 9.59 Å². The number of hydrogen-bond donors (Lipinski definition) is 0. The number of piperazine rings is 1. The van der Waals surface area contributed by atoms with Crippen LogP contribution in [0, 0.1) is 0 Å². The number of carbonyl (C=O) groups is 2. The smallest absolute Gasteiger partial charge is 0.263 e. The fraction of sp³-hybridized carbons (Fsp3) is 0.364. The molecule has 0 saturated carbocycles. The van der Waals surface area contributed by atoms with Gasteiger partial charge in [-0.05, 0) is 26.0 Å². The molecule has 0 spiro atoms. The van der Waals surface area contributed by atoms with Crippen molar-refractivity contribution < 1.29 is 19.1 Å². The number of ether oxygens (including phenoxy) is 2. The standard InChI is InChI=1S/C22H28N2O4/c1-6-10-18(7-2)22(26)23-13-14-24(16(3)15-23)21(25)17(4)28-20-12-9-8-11-19(20)27-5/h6-12,16-17H,1-2,13-15H2,3-5H3/b18-10+. The molecule has 0 N–H and O–H groups in total. The van der Waals surface area contributed by atoms with Gasteiger partial charge in [0.25, 0.3) is 11.8 Å². The van der Waals surface area contributed by atoms with Crippen molar-refractivity contribution in [2.24, 2.45) is 0 Å². The summed E-state index contributed by atoms with van der Waals surface area (Å²) in [7, 11) is 1.56. The molecule has 0 aliphatic carbocycles. The van der Waals surface area contributed by atoms with Crippen LogP contribution in [0.2, 0.25) is 0 Å². The van der Waals surface area contributed by atoms with Crippen LogP contribution in [0.1, 0.15) is 13.8 Å². The Morgan fingerprint density at radius 1 is 1.21 bits per heavy atom. The van der Waals surface area contributed by atoms with E-state index in [9.17, 15) is 9.59 Å². The average molecular weight is 384 g/mol. The summed E-state index contributed by atoms with van der Waals surface area (Å²) in [4.78, 5) is 29.0. The van der Waals surface area contributed by atoms with Gasteiger partial charge >= 0.3 is 0 Å². The predicted octanol–water partition coefficient (Wildman–Crippen LogP) is 2.82. The minimum Gasteiger partial charge on any atom is -0.493 e. The fourth-order valence-corrected chi connectivity index (χ4v) is 3.20. The lowest BCUT2D eigenvalue weighted by atomic mass is 10.1. The highest BCUT2D eigenvalue weighted by Gasteiger charge is 2.33. The van der Waals surface area contributed by atoms with E-state index in [1.165, 1.54) is 6.08 Å². The van der Waals surface area contributed by atoms with E-state index in [1.54, 1.807) is 48.1 Å². The van der Waals surface area contributed by atoms with Crippen molar-refractivity contribution in [2.75, 3.05) is 26.7 Å². The summed E-state index contributed by atoms with van der Waals surface area (Å²) in [6.07, 6.45) is 4.07. The molecule has 150 valence electrons. The SMILES string of the molecule is C=C/C=C(\C=C)C(=O)N1CCN(C(=O)C(C)Oc2ccccc2OC)C(C)C1. The van der Waals surface area contributed by atoms with Gasteiger partial charge in [0.05, 0.1) is 7.11 Å². The van der Waals surface area contributed by atoms with Gasteiger partial charge in [-0.3, -0.25) is 9.59 Å². The van der Waals surface area contributed by atoms with Crippen LogP contribution < -0.4 is 9.47 Å². The van der Waals surface area contributed by atoms with Crippen LogP contribution in [0.4, 0.5) is 0 Å². The molecule has 0 bridgehead atoms. The molecular weight excluding hydrogens is 356 g/mol. The molecule has 1 saturated heterocycles. The zero-order valence-electron chi connectivity index (χ0n) is 16.8. The van der Waals surface area contributed by atoms with E-state index in [-0.39, 0.29) is 17.9 Å². The molecule has 0 radical (unpaired) electrons. The molecule has 1 aromatic rings. The summed E-state index contributed by atoms with van der Waals surface area (Å²) in [6.45, 7) is 12.3. The third-order valence-electron chi connectivity index (χ3n) is 4.68. The summed E-state index contributed by atoms with van der Waals surface area (Å²) in [5, 5.41) is 0. The van der Waals surface area contributed by atoms with E-state index in [1.807, 2.05) is 19.1 Å². The Balaban J connectivity index is 2.02. The predicted molar refractivity (Wildman–Crippen MR) is 109 cm³/mol. The molecule has 2 rings (SSSR count). The highest BCUT2D eigenvalue weighted by Crippen LogP contribution is 2.27. The monoisotopic (exact) mass is 384 g/mol. The number of amides is 2. The fourth-order valence-electron chi connectivity index (χ4n) is 3.20. The van der Waals surface area contributed by atoms with Crippen molar-refractivity contribution in [3.8, 4) is 11.5 Å². The molecule has 1 heterocycles. The lowest BCUT2D eigenvalue weighted by Crippen LogP contribution is -2.57. The second-order valence-electron chi connectivity index (χ2n) is 6.60. The second-order valence-corrected chi connectivity index (χ2v) is 6.60. The Bertz CT molecular complexity index is 772. The van der Waals surface area contributed by atoms with Gasteiger partial charge in [0.15, 0.2) is 17.6 Å². The number of allylic oxidation sites excluding steroid dienone is 2. The number of nitrogens with zero attached hydrogens (tertiary/aromatic N) is 2. The van der Waals surface area contributed by atoms with Crippen molar-refractivity contribution in [1.29, 1.82) is 0 Å². The van der Waals surface area contributed by atoms with Gasteiger partial charge in [-0.1, -0.05) is 43.5 Å². The maximum absolute atomic E-state index is 12.9. The zero-order chi connectivity index (χ0) is 20.7. The van der Waals surface area contributed by atoms with Gasteiger partial charge in [0.2, 0.25) is 0 Å². The molecule has 6 heteroatoms. The molecule has 1 aliphatic rings. The summed E-state index contributed by atoms with van der Waals surface area (Å²) < 4.78 is 11.1. The second kappa shape index (κ2) is 9.78. The Labute approximate surface area is 166 Å². The van der Waals surface area contributed by atoms with E-state index in [0.717, 1.165) is 0 Å². The first-order valence-electron chi connectivity index (χ1n) is 9.27. The third-order valence-corrected chi connectivity index (χ3v) is 4.68. The summed E-state index contributed by atoms with van der Waals surface area (Å²) >= 11 is 0. The van der Waals surface area contributed by atoms with Crippen LogP contribution in [0.5, 0.6) is 11.5 Å². The van der Waals surface area contributed by atoms with Crippen LogP contribution in [0.15, 0.2) is 61.2 Å². The highest BCUT2D eigenvalue weighted by atomic mass is 16.5. The first kappa shape index (κ1) is 21.3. The molecule has 2 amide bonds. The lowest BCUT2D eigenvalue weighted by Gasteiger charge is -2.41. The summed E-state index contributed by atoms with van der Waals surface area (Å²) in [5.74, 6) is 0.886. The maximum atomic E-state index is 12.9. The van der Waals surface area contributed by atoms with E-state index in [4.69, 9.17) is 9.47 Å². The van der Waals surface area contributed by atoms with Gasteiger partial charge in [-0.15, -0.1) is 0 Å². The van der Waals surface area contributed by atoms with Crippen molar-refractivity contribution in [2.45, 2.75) is 26.0 Å². The van der Waals surface area contributed by atoms with Crippen molar-refractivity contribution in [3.05, 3.63) is 61.2 Å². The van der Waals surface area contributed by atoms with Crippen LogP contribution in [0.3, 0.4) is 0 Å². The van der Waals surface area contributed by atoms with Gasteiger partial charge in [-0.2, -0.15) is 0 Å². The Morgan fingerprint density at radius 3 is 2.46 bits per heavy atom. The zero-order valence-corrected chi connectivity index (χ0v) is 16.8. The topological polar surface area (TPSA) is 59.1 Å². The van der Waals surface area contributed by atoms with E-state index in [2.05, 4.69) is 13.2 Å². The Morgan fingerprint density at radius 2 is 1.89 bits per heavy atom. The number of carbonyl (C=O) groups excluding carboxylic acids is 2. The molecule has 28 heavy (non-hydrogen) atoms. The van der Waals surface area contributed by atoms with Crippen LogP contribution in [-0.4, -0.2) is 60.5 Å². The molecule has 1 aliphatic heterocycles. The highest BCUT2D eigenvalue weighted by molar-refractivity contribution is 5.96. The molecule has 2 unspecified atom stereocenters. The molecule has 0 aromatic heterocycles. The minimum atomic E-state index is -0.662. The Kier molecular flexibility index (Phi) is 7.44. The number of rotatable bonds is 7. The summed E-state index contributed by atoms with van der Waals surface area (Å²) in [5.41, 5.74) is 0.495.